The normalized spacial score (nSPS) is 20.4. The number of carbonyl (C=O) groups excluding carboxylic acids is 2. The van der Waals surface area contributed by atoms with Crippen molar-refractivity contribution in [3.05, 3.63) is 61.7 Å². The highest BCUT2D eigenvalue weighted by atomic mass is 19.1. The molecule has 2 aromatic heterocycles. The predicted octanol–water partition coefficient (Wildman–Crippen LogP) is 2.29. The van der Waals surface area contributed by atoms with Crippen LogP contribution in [0.25, 0.3) is 22.3 Å². The van der Waals surface area contributed by atoms with Crippen LogP contribution in [0.4, 0.5) is 9.18 Å². The molecule has 3 aromatic rings. The van der Waals surface area contributed by atoms with E-state index < -0.39 is 35.1 Å². The van der Waals surface area contributed by atoms with Crippen molar-refractivity contribution in [3.63, 3.8) is 0 Å². The van der Waals surface area contributed by atoms with E-state index in [1.54, 1.807) is 19.9 Å². The second-order valence-electron chi connectivity index (χ2n) is 10.5. The summed E-state index contributed by atoms with van der Waals surface area (Å²) in [5.74, 6) is -1.59. The number of amides is 2. The van der Waals surface area contributed by atoms with Crippen LogP contribution >= 0.6 is 0 Å². The largest absolute Gasteiger partial charge is 0.465 e. The number of ether oxygens (including phenoxy) is 1. The average molecular weight is 551 g/mol. The van der Waals surface area contributed by atoms with E-state index in [0.717, 1.165) is 16.5 Å². The summed E-state index contributed by atoms with van der Waals surface area (Å²) in [6.45, 7) is 3.15. The van der Waals surface area contributed by atoms with Gasteiger partial charge in [-0.25, -0.2) is 19.0 Å². The fourth-order valence-corrected chi connectivity index (χ4v) is 6.25. The summed E-state index contributed by atoms with van der Waals surface area (Å²) in [7, 11) is 0. The number of cyclic esters (lactones) is 1. The first-order valence-electron chi connectivity index (χ1n) is 13.1. The van der Waals surface area contributed by atoms with Gasteiger partial charge in [-0.15, -0.1) is 0 Å². The number of nitrogens with one attached hydrogen (secondary N) is 2. The molecule has 1 aliphatic carbocycles. The molecule has 0 radical (unpaired) electrons. The number of aliphatic hydroxyl groups is 1. The van der Waals surface area contributed by atoms with E-state index in [4.69, 9.17) is 14.8 Å². The number of fused-ring (bicyclic) bond motifs is 5. The molecular weight excluding hydrogens is 523 g/mol. The highest BCUT2D eigenvalue weighted by Gasteiger charge is 2.46. The molecule has 0 spiro atoms. The smallest absolute Gasteiger partial charge is 0.404 e. The van der Waals surface area contributed by atoms with E-state index in [-0.39, 0.29) is 49.6 Å². The molecule has 11 nitrogen and oxygen atoms in total. The Kier molecular flexibility index (Phi) is 5.91. The van der Waals surface area contributed by atoms with Gasteiger partial charge in [0, 0.05) is 35.5 Å². The van der Waals surface area contributed by atoms with E-state index in [0.29, 0.717) is 40.9 Å². The summed E-state index contributed by atoms with van der Waals surface area (Å²) in [6.07, 6.45) is -0.316. The maximum atomic E-state index is 15.0. The van der Waals surface area contributed by atoms with Gasteiger partial charge in [-0.2, -0.15) is 0 Å². The molecule has 208 valence electrons. The summed E-state index contributed by atoms with van der Waals surface area (Å²) in [5.41, 5.74) is 1.88. The number of carbonyl (C=O) groups is 3. The van der Waals surface area contributed by atoms with Crippen LogP contribution in [-0.2, 0) is 39.5 Å². The fraction of sp³-hybridized carbons (Fsp3) is 0.393. The van der Waals surface area contributed by atoms with Crippen LogP contribution in [0.2, 0.25) is 0 Å². The lowest BCUT2D eigenvalue weighted by Gasteiger charge is -2.31. The van der Waals surface area contributed by atoms with Crippen molar-refractivity contribution in [2.75, 3.05) is 6.54 Å². The number of nitrogens with zero attached hydrogens (tertiary/aromatic N) is 2. The van der Waals surface area contributed by atoms with Gasteiger partial charge in [0.05, 0.1) is 35.1 Å². The third kappa shape index (κ3) is 3.69. The Balaban J connectivity index is 1.53. The highest BCUT2D eigenvalue weighted by Crippen LogP contribution is 2.45. The van der Waals surface area contributed by atoms with Crippen molar-refractivity contribution in [1.29, 1.82) is 0 Å². The summed E-state index contributed by atoms with van der Waals surface area (Å²) < 4.78 is 21.6. The number of rotatable bonds is 5. The Hall–Kier alpha value is -4.32. The van der Waals surface area contributed by atoms with Gasteiger partial charge < -0.3 is 30.2 Å². The van der Waals surface area contributed by atoms with Crippen LogP contribution in [0.3, 0.4) is 0 Å². The quantitative estimate of drug-likeness (QED) is 0.276. The standard InChI is InChI=1S/C28H27FN4O7/c1-3-28(39)16-8-20-24-14(10-33(20)25(35)15(16)11-40-26(28)36)23-18(31-21(34)6-7-30-27(37)38)5-4-13-12(2)17(29)9-19(32-24)22(13)23/h8-9,18,30,39H,3-7,10-11H2,1-2H3,(H,31,34)(H,37,38)/t18-,28-/m0/s1. The zero-order valence-corrected chi connectivity index (χ0v) is 21.9. The molecule has 6 rings (SSSR count). The second kappa shape index (κ2) is 9.12. The Morgan fingerprint density at radius 3 is 2.75 bits per heavy atom. The minimum atomic E-state index is -1.98. The van der Waals surface area contributed by atoms with Gasteiger partial charge in [0.2, 0.25) is 5.91 Å². The number of hydrogen-bond donors (Lipinski definition) is 4. The molecule has 2 atom stereocenters. The van der Waals surface area contributed by atoms with Crippen molar-refractivity contribution in [2.45, 2.75) is 64.3 Å². The van der Waals surface area contributed by atoms with Gasteiger partial charge in [0.25, 0.3) is 5.56 Å². The van der Waals surface area contributed by atoms with Crippen molar-refractivity contribution in [1.82, 2.24) is 20.2 Å². The number of hydrogen-bond acceptors (Lipinski definition) is 7. The topological polar surface area (TPSA) is 160 Å². The first-order valence-corrected chi connectivity index (χ1v) is 13.1. The first kappa shape index (κ1) is 25.9. The van der Waals surface area contributed by atoms with Crippen LogP contribution < -0.4 is 16.2 Å². The number of benzene rings is 1. The van der Waals surface area contributed by atoms with E-state index in [1.807, 2.05) is 0 Å². The monoisotopic (exact) mass is 550 g/mol. The lowest BCUT2D eigenvalue weighted by molar-refractivity contribution is -0.172. The average Bonchev–Trinajstić information content (AvgIpc) is 3.28. The van der Waals surface area contributed by atoms with E-state index in [2.05, 4.69) is 10.6 Å². The molecule has 4 N–H and O–H groups in total. The number of esters is 1. The lowest BCUT2D eigenvalue weighted by Crippen LogP contribution is -2.44. The predicted molar refractivity (Wildman–Crippen MR) is 139 cm³/mol. The molecule has 3 aliphatic rings. The maximum Gasteiger partial charge on any atom is 0.404 e. The Morgan fingerprint density at radius 2 is 2.02 bits per heavy atom. The summed E-state index contributed by atoms with van der Waals surface area (Å²) in [5, 5.41) is 25.9. The number of pyridine rings is 2. The maximum absolute atomic E-state index is 15.0. The lowest BCUT2D eigenvalue weighted by atomic mass is 9.81. The van der Waals surface area contributed by atoms with Gasteiger partial charge in [-0.1, -0.05) is 6.92 Å². The van der Waals surface area contributed by atoms with Gasteiger partial charge in [0.1, 0.15) is 12.4 Å². The molecule has 4 heterocycles. The van der Waals surface area contributed by atoms with Gasteiger partial charge in [-0.05, 0) is 48.9 Å². The molecule has 0 saturated carbocycles. The van der Waals surface area contributed by atoms with E-state index in [1.165, 1.54) is 10.6 Å². The summed E-state index contributed by atoms with van der Waals surface area (Å²) in [4.78, 5) is 54.5. The minimum Gasteiger partial charge on any atom is -0.465 e. The molecule has 0 saturated heterocycles. The zero-order valence-electron chi connectivity index (χ0n) is 21.9. The van der Waals surface area contributed by atoms with Crippen molar-refractivity contribution >= 4 is 28.9 Å². The molecule has 2 aliphatic heterocycles. The SMILES string of the molecule is CC[C@@]1(O)C(=O)OCc2c1cc1n(c2=O)Cc2c-1nc1cc(F)c(C)c3c1c2[C@@H](NC(=O)CCNC(=O)O)CC3. The van der Waals surface area contributed by atoms with Crippen LogP contribution in [0.5, 0.6) is 0 Å². The van der Waals surface area contributed by atoms with Crippen molar-refractivity contribution in [2.24, 2.45) is 0 Å². The Morgan fingerprint density at radius 1 is 1.25 bits per heavy atom. The Labute approximate surface area is 227 Å². The van der Waals surface area contributed by atoms with Gasteiger partial charge >= 0.3 is 12.1 Å². The molecule has 1 aromatic carbocycles. The molecule has 2 amide bonds. The fourth-order valence-electron chi connectivity index (χ4n) is 6.25. The van der Waals surface area contributed by atoms with E-state index in [9.17, 15) is 28.7 Å². The molecule has 0 unspecified atom stereocenters. The zero-order chi connectivity index (χ0) is 28.5. The van der Waals surface area contributed by atoms with Crippen LogP contribution in [0, 0.1) is 12.7 Å². The molecule has 12 heteroatoms. The number of aromatic nitrogens is 2. The third-order valence-corrected chi connectivity index (χ3v) is 8.34. The molecule has 0 fully saturated rings. The molecule has 0 bridgehead atoms. The summed E-state index contributed by atoms with van der Waals surface area (Å²) in [6, 6.07) is 2.46. The summed E-state index contributed by atoms with van der Waals surface area (Å²) >= 11 is 0. The van der Waals surface area contributed by atoms with Gasteiger partial charge in [-0.3, -0.25) is 9.59 Å². The molecular formula is C28H27FN4O7. The third-order valence-electron chi connectivity index (χ3n) is 8.34. The first-order chi connectivity index (χ1) is 19.0. The molecule has 40 heavy (non-hydrogen) atoms. The van der Waals surface area contributed by atoms with Crippen LogP contribution in [0.1, 0.15) is 65.6 Å². The minimum absolute atomic E-state index is 0.00364. The van der Waals surface area contributed by atoms with Gasteiger partial charge in [0.15, 0.2) is 5.60 Å². The highest BCUT2D eigenvalue weighted by molar-refractivity contribution is 5.94. The number of carboxylic acid groups (broad SMARTS) is 1. The van der Waals surface area contributed by atoms with E-state index >= 15 is 0 Å². The second-order valence-corrected chi connectivity index (χ2v) is 10.5. The van der Waals surface area contributed by atoms with Crippen LogP contribution in [0.15, 0.2) is 16.9 Å². The van der Waals surface area contributed by atoms with Crippen molar-refractivity contribution in [3.8, 4) is 11.4 Å². The number of aryl methyl sites for hydroxylation is 1. The van der Waals surface area contributed by atoms with Crippen molar-refractivity contribution < 1.29 is 33.7 Å². The number of halogens is 1. The van der Waals surface area contributed by atoms with Crippen LogP contribution in [-0.4, -0.2) is 44.3 Å². The Bertz CT molecular complexity index is 1720.